The van der Waals surface area contributed by atoms with Crippen molar-refractivity contribution < 1.29 is 197 Å². The number of thiazole rings is 2. The van der Waals surface area contributed by atoms with Crippen LogP contribution in [-0.2, 0) is 42.9 Å². The van der Waals surface area contributed by atoms with E-state index in [1.165, 1.54) is 34.1 Å². The second kappa shape index (κ2) is 34.4. The van der Waals surface area contributed by atoms with Crippen LogP contribution in [0.5, 0.6) is 11.5 Å². The Labute approximate surface area is 600 Å². The quantitative estimate of drug-likeness (QED) is 0.0473. The molecule has 9 aromatic rings. The monoisotopic (exact) mass is 1390 g/mol. The average Bonchev–Trinajstić information content (AvgIpc) is 4.40. The number of aromatic hydroxyl groups is 1. The number of aromatic nitrogens is 4. The minimum absolute atomic E-state index is 0. The Hall–Kier alpha value is -4.39. The molecule has 410 valence electrons. The number of aliphatic carboxylic acids is 1. The molecular formula is C59H56ClCs2N5O12S2. The number of imide groups is 1. The van der Waals surface area contributed by atoms with Gasteiger partial charge in [-0.3, -0.25) is 14.4 Å². The van der Waals surface area contributed by atoms with E-state index < -0.39 is 18.0 Å². The van der Waals surface area contributed by atoms with Gasteiger partial charge < -0.3 is 40.3 Å². The van der Waals surface area contributed by atoms with Crippen molar-refractivity contribution in [1.29, 1.82) is 0 Å². The third-order valence-corrected chi connectivity index (χ3v) is 15.2. The molecule has 0 unspecified atom stereocenters. The third-order valence-electron chi connectivity index (χ3n) is 12.4. The molecule has 0 radical (unpaired) electrons. The Morgan fingerprint density at radius 3 is 1.70 bits per heavy atom. The second-order valence-corrected chi connectivity index (χ2v) is 20.4. The van der Waals surface area contributed by atoms with Crippen LogP contribution in [0, 0.1) is 27.7 Å². The summed E-state index contributed by atoms with van der Waals surface area (Å²) in [7, 11) is 0. The Morgan fingerprint density at radius 2 is 1.23 bits per heavy atom. The summed E-state index contributed by atoms with van der Waals surface area (Å²) in [5, 5.41) is 37.2. The van der Waals surface area contributed by atoms with Gasteiger partial charge in [0.25, 0.3) is 6.47 Å². The number of carboxylic acid groups (broad SMARTS) is 1. The van der Waals surface area contributed by atoms with Gasteiger partial charge in [0.15, 0.2) is 0 Å². The first-order valence-electron chi connectivity index (χ1n) is 24.6. The average molecular weight is 1390 g/mol. The van der Waals surface area contributed by atoms with Crippen molar-refractivity contribution in [2.24, 2.45) is 0 Å². The van der Waals surface area contributed by atoms with Gasteiger partial charge >= 0.3 is 150 Å². The number of phenols is 1. The number of ether oxygens (including phenoxy) is 2. The van der Waals surface area contributed by atoms with E-state index >= 15 is 0 Å². The molecular weight excluding hydrogens is 1340 g/mol. The van der Waals surface area contributed by atoms with Crippen LogP contribution >= 0.6 is 34.3 Å². The second-order valence-electron chi connectivity index (χ2n) is 18.0. The minimum Gasteiger partial charge on any atom is -1.00 e. The first kappa shape index (κ1) is 67.4. The maximum absolute atomic E-state index is 13.1. The zero-order valence-corrected chi connectivity index (χ0v) is 60.3. The van der Waals surface area contributed by atoms with E-state index in [2.05, 4.69) is 87.5 Å². The van der Waals surface area contributed by atoms with Gasteiger partial charge in [-0.25, -0.2) is 19.7 Å². The molecule has 0 aliphatic carbocycles. The normalized spacial score (nSPS) is 12.9. The molecule has 3 atom stereocenters. The molecule has 0 bridgehead atoms. The number of rotatable bonds is 17. The predicted octanol–water partition coefficient (Wildman–Crippen LogP) is 5.81. The van der Waals surface area contributed by atoms with E-state index in [1.807, 2.05) is 68.4 Å². The van der Waals surface area contributed by atoms with E-state index in [0.717, 1.165) is 53.4 Å². The number of phenolic OH excluding ortho intramolecular Hbond substituents is 1. The Balaban J connectivity index is 0.000000263. The fraction of sp³-hybridized carbons (Fsp3) is 0.220. The Bertz CT molecular complexity index is 3360. The Kier molecular flexibility index (Phi) is 28.6. The zero-order chi connectivity index (χ0) is 56.3. The molecule has 0 spiro atoms. The van der Waals surface area contributed by atoms with Gasteiger partial charge in [0.2, 0.25) is 5.91 Å². The topological polar surface area (TPSA) is 241 Å². The fourth-order valence-electron chi connectivity index (χ4n) is 8.24. The zero-order valence-electron chi connectivity index (χ0n) is 46.4. The van der Waals surface area contributed by atoms with Crippen LogP contribution in [0.25, 0.3) is 21.1 Å². The number of benzene rings is 5. The number of cyclic esters (lactones) is 1. The van der Waals surface area contributed by atoms with Gasteiger partial charge in [-0.1, -0.05) is 125 Å². The van der Waals surface area contributed by atoms with Crippen molar-refractivity contribution in [3.05, 3.63) is 212 Å². The van der Waals surface area contributed by atoms with Crippen LogP contribution in [0.15, 0.2) is 161 Å². The van der Waals surface area contributed by atoms with Gasteiger partial charge in [-0.2, -0.15) is 0 Å². The molecule has 1 aliphatic rings. The summed E-state index contributed by atoms with van der Waals surface area (Å²) in [4.78, 5) is 60.6. The number of carboxylic acids is 1. The molecule has 5 heterocycles. The van der Waals surface area contributed by atoms with Crippen LogP contribution in [0.2, 0.25) is 0 Å². The molecule has 0 saturated carbocycles. The SMILES string of the molecule is Cc1ccc(-c2nc(C)c(CCl)s2)cc1.Cc1ccc(-c2nc(C)c(COc3ccc([C@H](CC(=O)O)c4ccon4)cc3)s2)cc1.O=C(C[C@@H](c1ccc(O)cc1)c1ccon1)N1C(=O)OC[C@@H]1Cc1ccccc1.O=CO[O-].[Cs+].[Cs+].[H-]. The van der Waals surface area contributed by atoms with Crippen molar-refractivity contribution in [1.82, 2.24) is 25.2 Å². The molecule has 1 saturated heterocycles. The van der Waals surface area contributed by atoms with Crippen molar-refractivity contribution in [3.8, 4) is 32.6 Å². The number of amides is 2. The van der Waals surface area contributed by atoms with E-state index in [-0.39, 0.29) is 189 Å². The van der Waals surface area contributed by atoms with E-state index in [1.54, 1.807) is 59.1 Å². The maximum atomic E-state index is 13.1. The summed E-state index contributed by atoms with van der Waals surface area (Å²) < 4.78 is 21.0. The van der Waals surface area contributed by atoms with Gasteiger partial charge in [0.05, 0.1) is 46.0 Å². The molecule has 81 heavy (non-hydrogen) atoms. The maximum Gasteiger partial charge on any atom is 1.00 e. The van der Waals surface area contributed by atoms with Crippen molar-refractivity contribution in [3.63, 3.8) is 0 Å². The number of hydrogen-bond acceptors (Lipinski definition) is 17. The molecule has 5 aromatic carbocycles. The number of halogens is 1. The molecule has 10 rings (SSSR count). The van der Waals surface area contributed by atoms with Gasteiger partial charge in [0, 0.05) is 46.4 Å². The van der Waals surface area contributed by atoms with Crippen molar-refractivity contribution >= 4 is 58.7 Å². The third kappa shape index (κ3) is 20.1. The van der Waals surface area contributed by atoms with E-state index in [0.29, 0.717) is 36.0 Å². The first-order valence-corrected chi connectivity index (χ1v) is 26.8. The standard InChI is InChI=1S/C24H22N2O4S.C22H20N2O5.C12H12ClNS.CH2O3.2Cs.H/c1-15-3-5-18(6-4-15)24-25-16(2)22(31-24)14-29-19-9-7-17(8-10-19)20(13-23(27)28)21-11-12-30-26-21;25-18-8-6-16(7-9-18)19(20-10-11-29-23-20)13-21(26)24-17(14-28-22(24)27)12-15-4-2-1-3-5-15;1-8-3-5-10(6-4-8)12-14-9(2)11(7-13)15-12;2-1-4-3;;;/h3-12,20H,13-14H2,1-2H3,(H,27,28);1-11,17,19,25H,12-14H2;3-6H,7H2,1-2H3;1,3H;;;/q;;;;2*+1;-1/p-1/t20-;17-,19-;;;;;/m00...../s1. The summed E-state index contributed by atoms with van der Waals surface area (Å²) >= 11 is 9.13. The smallest absolute Gasteiger partial charge is 1.00 e. The van der Waals surface area contributed by atoms with Crippen LogP contribution in [0.1, 0.15) is 86.5 Å². The Morgan fingerprint density at radius 1 is 0.741 bits per heavy atom. The number of carbonyl (C=O) groups is 4. The van der Waals surface area contributed by atoms with Crippen molar-refractivity contribution in [2.45, 2.75) is 77.3 Å². The van der Waals surface area contributed by atoms with Crippen LogP contribution in [0.3, 0.4) is 0 Å². The van der Waals surface area contributed by atoms with Gasteiger partial charge in [-0.15, -0.1) is 34.3 Å². The molecule has 22 heteroatoms. The summed E-state index contributed by atoms with van der Waals surface area (Å²) in [5.74, 6) is -0.616. The van der Waals surface area contributed by atoms with Gasteiger partial charge in [-0.05, 0) is 75.1 Å². The fourth-order valence-corrected chi connectivity index (χ4v) is 10.5. The molecule has 1 aliphatic heterocycles. The van der Waals surface area contributed by atoms with Crippen LogP contribution in [0.4, 0.5) is 4.79 Å². The minimum atomic E-state index is -0.890. The van der Waals surface area contributed by atoms with Crippen LogP contribution in [-0.4, -0.2) is 72.5 Å². The number of aryl methyl sites for hydroxylation is 4. The summed E-state index contributed by atoms with van der Waals surface area (Å²) in [5.41, 5.74) is 10.6. The summed E-state index contributed by atoms with van der Waals surface area (Å²) in [6, 6.07) is 43.4. The van der Waals surface area contributed by atoms with E-state index in [9.17, 15) is 24.6 Å². The number of hydrogen-bond donors (Lipinski definition) is 2. The predicted molar refractivity (Wildman–Crippen MR) is 296 cm³/mol. The van der Waals surface area contributed by atoms with Crippen molar-refractivity contribution in [2.75, 3.05) is 6.61 Å². The number of alkyl halides is 1. The van der Waals surface area contributed by atoms with Gasteiger partial charge in [0.1, 0.15) is 47.3 Å². The largest absolute Gasteiger partial charge is 1.00 e. The summed E-state index contributed by atoms with van der Waals surface area (Å²) in [6.07, 6.45) is 2.76. The number of carbonyl (C=O) groups excluding carboxylic acids is 3. The molecule has 17 nitrogen and oxygen atoms in total. The number of nitrogens with zero attached hydrogens (tertiary/aromatic N) is 5. The van der Waals surface area contributed by atoms with Crippen LogP contribution < -0.4 is 148 Å². The molecule has 2 N–H and O–H groups in total. The first-order chi connectivity index (χ1) is 38.2. The molecule has 4 aromatic heterocycles. The van der Waals surface area contributed by atoms with E-state index in [4.69, 9.17) is 40.2 Å². The summed E-state index contributed by atoms with van der Waals surface area (Å²) in [6.45, 7) is 8.57. The molecule has 2 amide bonds. The molecule has 1 fully saturated rings.